The molecule has 8 heteroatoms. The number of aryl methyl sites for hydroxylation is 1. The van der Waals surface area contributed by atoms with E-state index in [0.29, 0.717) is 11.3 Å². The Kier molecular flexibility index (Phi) is 5.49. The van der Waals surface area contributed by atoms with Crippen LogP contribution in [0.2, 0.25) is 0 Å². The number of rotatable bonds is 5. The first kappa shape index (κ1) is 17.6. The topological polar surface area (TPSA) is 29.5 Å². The van der Waals surface area contributed by atoms with Crippen molar-refractivity contribution in [3.8, 4) is 5.75 Å². The number of benzene rings is 1. The maximum atomic E-state index is 12.4. The zero-order chi connectivity index (χ0) is 16.3. The van der Waals surface area contributed by atoms with Gasteiger partial charge in [0.25, 0.3) is 0 Å². The van der Waals surface area contributed by atoms with Gasteiger partial charge >= 0.3 is 12.4 Å². The molecule has 0 aliphatic carbocycles. The molecule has 120 valence electrons. The van der Waals surface area contributed by atoms with E-state index in [-0.39, 0.29) is 6.42 Å². The van der Waals surface area contributed by atoms with Crippen LogP contribution in [0.15, 0.2) is 24.3 Å². The van der Waals surface area contributed by atoms with Gasteiger partial charge < -0.3 is 9.84 Å². The summed E-state index contributed by atoms with van der Waals surface area (Å²) in [7, 11) is 1.43. The Labute approximate surface area is 117 Å². The Morgan fingerprint density at radius 2 is 1.48 bits per heavy atom. The van der Waals surface area contributed by atoms with E-state index in [9.17, 15) is 31.4 Å². The molecule has 1 unspecified atom stereocenters. The fourth-order valence-electron chi connectivity index (χ4n) is 1.90. The van der Waals surface area contributed by atoms with Crippen molar-refractivity contribution in [2.45, 2.75) is 31.3 Å². The molecule has 0 aliphatic heterocycles. The number of hydrogen-bond acceptors (Lipinski definition) is 2. The summed E-state index contributed by atoms with van der Waals surface area (Å²) in [5, 5.41) is 9.28. The Balaban J connectivity index is 2.71. The molecule has 0 bridgehead atoms. The maximum absolute atomic E-state index is 12.4. The number of methoxy groups -OCH3 is 1. The summed E-state index contributed by atoms with van der Waals surface area (Å²) in [6, 6.07) is 6.10. The predicted octanol–water partition coefficient (Wildman–Crippen LogP) is 3.73. The lowest BCUT2D eigenvalue weighted by atomic mass is 9.95. The summed E-state index contributed by atoms with van der Waals surface area (Å²) in [5.74, 6) is -3.22. The number of hydrogen-bond donors (Lipinski definition) is 1. The van der Waals surface area contributed by atoms with Crippen molar-refractivity contribution in [3.05, 3.63) is 29.8 Å². The molecule has 1 N–H and O–H groups in total. The van der Waals surface area contributed by atoms with Crippen LogP contribution in [0.3, 0.4) is 0 Å². The Morgan fingerprint density at radius 1 is 1.00 bits per heavy atom. The molecule has 0 saturated carbocycles. The van der Waals surface area contributed by atoms with Crippen molar-refractivity contribution in [1.82, 2.24) is 0 Å². The lowest BCUT2D eigenvalue weighted by Crippen LogP contribution is -2.45. The van der Waals surface area contributed by atoms with Crippen LogP contribution in [0, 0.1) is 5.92 Å². The molecule has 0 amide bonds. The van der Waals surface area contributed by atoms with Crippen molar-refractivity contribution < 1.29 is 36.2 Å². The van der Waals surface area contributed by atoms with E-state index in [2.05, 4.69) is 0 Å². The van der Waals surface area contributed by atoms with Crippen LogP contribution in [0.4, 0.5) is 26.3 Å². The molecule has 0 heterocycles. The summed E-state index contributed by atoms with van der Waals surface area (Å²) in [6.45, 7) is 0. The molecule has 0 fully saturated rings. The minimum atomic E-state index is -5.53. The van der Waals surface area contributed by atoms with Crippen LogP contribution in [0.25, 0.3) is 0 Å². The lowest BCUT2D eigenvalue weighted by Gasteiger charge is -2.27. The van der Waals surface area contributed by atoms with Crippen LogP contribution in [0.5, 0.6) is 5.75 Å². The fourth-order valence-corrected chi connectivity index (χ4v) is 1.90. The number of halogens is 6. The van der Waals surface area contributed by atoms with Gasteiger partial charge in [0.05, 0.1) is 13.2 Å². The summed E-state index contributed by atoms with van der Waals surface area (Å²) in [6.07, 6.45) is -14.3. The number of alkyl halides is 6. The second-order valence-corrected chi connectivity index (χ2v) is 4.51. The molecule has 0 spiro atoms. The van der Waals surface area contributed by atoms with Crippen molar-refractivity contribution in [1.29, 1.82) is 0 Å². The largest absolute Gasteiger partial charge is 0.497 e. The minimum Gasteiger partial charge on any atom is -0.497 e. The minimum absolute atomic E-state index is 0.103. The summed E-state index contributed by atoms with van der Waals surface area (Å²) in [4.78, 5) is 0. The molecule has 1 atom stereocenters. The van der Waals surface area contributed by atoms with Gasteiger partial charge in [-0.15, -0.1) is 0 Å². The molecule has 2 nitrogen and oxygen atoms in total. The first-order valence-electron chi connectivity index (χ1n) is 6.00. The molecule has 21 heavy (non-hydrogen) atoms. The van der Waals surface area contributed by atoms with Crippen molar-refractivity contribution in [2.24, 2.45) is 5.92 Å². The van der Waals surface area contributed by atoms with Crippen LogP contribution >= 0.6 is 0 Å². The van der Waals surface area contributed by atoms with Crippen LogP contribution in [-0.4, -0.2) is 30.7 Å². The SMILES string of the molecule is COc1ccc(CCC(O)C(C(F)(F)F)C(F)(F)F)cc1. The number of ether oxygens (including phenoxy) is 1. The fraction of sp³-hybridized carbons (Fsp3) is 0.538. The maximum Gasteiger partial charge on any atom is 0.403 e. The van der Waals surface area contributed by atoms with E-state index in [4.69, 9.17) is 4.74 Å². The van der Waals surface area contributed by atoms with E-state index in [1.807, 2.05) is 0 Å². The van der Waals surface area contributed by atoms with Crippen LogP contribution in [0.1, 0.15) is 12.0 Å². The van der Waals surface area contributed by atoms with Crippen molar-refractivity contribution in [3.63, 3.8) is 0 Å². The smallest absolute Gasteiger partial charge is 0.403 e. The molecule has 0 aliphatic rings. The van der Waals surface area contributed by atoms with Gasteiger partial charge in [0.1, 0.15) is 5.75 Å². The molecule has 0 radical (unpaired) electrons. The molecule has 0 aromatic heterocycles. The van der Waals surface area contributed by atoms with E-state index in [0.717, 1.165) is 0 Å². The van der Waals surface area contributed by atoms with Crippen molar-refractivity contribution >= 4 is 0 Å². The Bertz CT molecular complexity index is 423. The highest BCUT2D eigenvalue weighted by atomic mass is 19.4. The van der Waals surface area contributed by atoms with Crippen LogP contribution in [-0.2, 0) is 6.42 Å². The summed E-state index contributed by atoms with van der Waals surface area (Å²) in [5.41, 5.74) is 0.512. The highest BCUT2D eigenvalue weighted by molar-refractivity contribution is 5.27. The third-order valence-electron chi connectivity index (χ3n) is 2.98. The van der Waals surface area contributed by atoms with Gasteiger partial charge in [-0.25, -0.2) is 0 Å². The average molecular weight is 316 g/mol. The van der Waals surface area contributed by atoms with E-state index < -0.39 is 30.8 Å². The Hall–Kier alpha value is -1.44. The van der Waals surface area contributed by atoms with E-state index >= 15 is 0 Å². The zero-order valence-corrected chi connectivity index (χ0v) is 11.0. The molecule has 1 aromatic rings. The van der Waals surface area contributed by atoms with Gasteiger partial charge in [0.15, 0.2) is 5.92 Å². The standard InChI is InChI=1S/C13H14F6O2/c1-21-9-5-2-8(3-6-9)4-7-10(20)11(12(14,15)16)13(17,18)19/h2-3,5-6,10-11,20H,4,7H2,1H3. The van der Waals surface area contributed by atoms with Gasteiger partial charge in [-0.2, -0.15) is 26.3 Å². The van der Waals surface area contributed by atoms with E-state index in [1.54, 1.807) is 0 Å². The lowest BCUT2D eigenvalue weighted by molar-refractivity contribution is -0.306. The van der Waals surface area contributed by atoms with Gasteiger partial charge in [0.2, 0.25) is 0 Å². The second-order valence-electron chi connectivity index (χ2n) is 4.51. The summed E-state index contributed by atoms with van der Waals surface area (Å²) < 4.78 is 79.2. The molecule has 0 saturated heterocycles. The first-order chi connectivity index (χ1) is 9.55. The van der Waals surface area contributed by atoms with Gasteiger partial charge in [-0.3, -0.25) is 0 Å². The normalized spacial score (nSPS) is 14.3. The number of aliphatic hydroxyl groups is 1. The molecule has 1 aromatic carbocycles. The third-order valence-corrected chi connectivity index (χ3v) is 2.98. The average Bonchev–Trinajstić information content (AvgIpc) is 2.33. The predicted molar refractivity (Wildman–Crippen MR) is 62.9 cm³/mol. The van der Waals surface area contributed by atoms with Crippen molar-refractivity contribution in [2.75, 3.05) is 7.11 Å². The molecule has 1 rings (SSSR count). The monoisotopic (exact) mass is 316 g/mol. The third kappa shape index (κ3) is 5.11. The van der Waals surface area contributed by atoms with Gasteiger partial charge in [-0.05, 0) is 30.5 Å². The number of aliphatic hydroxyl groups excluding tert-OH is 1. The van der Waals surface area contributed by atoms with Crippen LogP contribution < -0.4 is 4.74 Å². The van der Waals surface area contributed by atoms with Gasteiger partial charge in [-0.1, -0.05) is 12.1 Å². The molecular formula is C13H14F6O2. The zero-order valence-electron chi connectivity index (χ0n) is 11.0. The van der Waals surface area contributed by atoms with E-state index in [1.165, 1.54) is 31.4 Å². The molecular weight excluding hydrogens is 302 g/mol. The second kappa shape index (κ2) is 6.55. The highest BCUT2D eigenvalue weighted by Gasteiger charge is 2.59. The summed E-state index contributed by atoms with van der Waals surface area (Å²) >= 11 is 0. The highest BCUT2D eigenvalue weighted by Crippen LogP contribution is 2.42. The quantitative estimate of drug-likeness (QED) is 0.839. The first-order valence-corrected chi connectivity index (χ1v) is 6.00. The Morgan fingerprint density at radius 3 is 1.86 bits per heavy atom. The van der Waals surface area contributed by atoms with Gasteiger partial charge in [0, 0.05) is 0 Å².